The van der Waals surface area contributed by atoms with Crippen LogP contribution in [0.2, 0.25) is 0 Å². The van der Waals surface area contributed by atoms with E-state index >= 15 is 0 Å². The summed E-state index contributed by atoms with van der Waals surface area (Å²) < 4.78 is 39.4. The molecular weight excluding hydrogens is 269 g/mol. The van der Waals surface area contributed by atoms with Crippen LogP contribution in [0.3, 0.4) is 0 Å². The van der Waals surface area contributed by atoms with E-state index < -0.39 is 23.3 Å². The summed E-state index contributed by atoms with van der Waals surface area (Å²) in [4.78, 5) is 5.69. The molecule has 1 heterocycles. The number of hydrogen-bond donors (Lipinski definition) is 2. The van der Waals surface area contributed by atoms with Crippen LogP contribution in [0.5, 0.6) is 0 Å². The summed E-state index contributed by atoms with van der Waals surface area (Å²) in [5, 5.41) is 0. The maximum atomic E-state index is 13.1. The van der Waals surface area contributed by atoms with Crippen molar-refractivity contribution in [3.63, 3.8) is 0 Å². The summed E-state index contributed by atoms with van der Waals surface area (Å²) in [7, 11) is 3.63. The normalized spacial score (nSPS) is 17.1. The standard InChI is InChI=1S/C13H21F3N4/c1-5-12(2,20(3)4)11(19-17)9-8-18-7-6-10(9)13(14,15)16/h6-8,11,19H,5,17H2,1-4H3. The van der Waals surface area contributed by atoms with Gasteiger partial charge in [-0.2, -0.15) is 13.2 Å². The van der Waals surface area contributed by atoms with Crippen LogP contribution in [-0.4, -0.2) is 29.5 Å². The molecular formula is C13H21F3N4. The predicted octanol–water partition coefficient (Wildman–Crippen LogP) is 2.34. The van der Waals surface area contributed by atoms with Crippen LogP contribution in [0.25, 0.3) is 0 Å². The topological polar surface area (TPSA) is 54.2 Å². The van der Waals surface area contributed by atoms with Gasteiger partial charge in [-0.15, -0.1) is 0 Å². The fraction of sp³-hybridized carbons (Fsp3) is 0.615. The fourth-order valence-electron chi connectivity index (χ4n) is 2.28. The van der Waals surface area contributed by atoms with Crippen LogP contribution in [-0.2, 0) is 6.18 Å². The van der Waals surface area contributed by atoms with Gasteiger partial charge in [0.15, 0.2) is 0 Å². The minimum absolute atomic E-state index is 0.0561. The summed E-state index contributed by atoms with van der Waals surface area (Å²) in [5.74, 6) is 5.54. The number of hydrazine groups is 1. The molecule has 0 aromatic carbocycles. The van der Waals surface area contributed by atoms with Crippen LogP contribution in [0, 0.1) is 0 Å². The number of halogens is 3. The minimum atomic E-state index is -4.44. The van der Waals surface area contributed by atoms with E-state index in [1.54, 1.807) is 0 Å². The Labute approximate surface area is 117 Å². The molecule has 1 aromatic rings. The number of aromatic nitrogens is 1. The number of alkyl halides is 3. The van der Waals surface area contributed by atoms with Crippen molar-refractivity contribution in [3.05, 3.63) is 29.6 Å². The number of likely N-dealkylation sites (N-methyl/N-ethyl adjacent to an activating group) is 1. The zero-order valence-corrected chi connectivity index (χ0v) is 12.1. The average Bonchev–Trinajstić information content (AvgIpc) is 2.38. The molecule has 20 heavy (non-hydrogen) atoms. The molecule has 7 heteroatoms. The Morgan fingerprint density at radius 3 is 2.40 bits per heavy atom. The van der Waals surface area contributed by atoms with E-state index in [-0.39, 0.29) is 5.56 Å². The summed E-state index contributed by atoms with van der Waals surface area (Å²) >= 11 is 0. The molecule has 0 bridgehead atoms. The Morgan fingerprint density at radius 2 is 2.00 bits per heavy atom. The Balaban J connectivity index is 3.40. The quantitative estimate of drug-likeness (QED) is 0.645. The molecule has 0 spiro atoms. The smallest absolute Gasteiger partial charge is 0.302 e. The highest BCUT2D eigenvalue weighted by Gasteiger charge is 2.41. The SMILES string of the molecule is CCC(C)(C(NN)c1cnccc1C(F)(F)F)N(C)C. The highest BCUT2D eigenvalue weighted by Crippen LogP contribution is 2.39. The Morgan fingerprint density at radius 1 is 1.40 bits per heavy atom. The average molecular weight is 290 g/mol. The summed E-state index contributed by atoms with van der Waals surface area (Å²) in [5.41, 5.74) is 1.30. The zero-order chi connectivity index (χ0) is 15.6. The van der Waals surface area contributed by atoms with Gasteiger partial charge in [0, 0.05) is 23.5 Å². The van der Waals surface area contributed by atoms with Gasteiger partial charge in [-0.25, -0.2) is 0 Å². The van der Waals surface area contributed by atoms with E-state index in [0.29, 0.717) is 6.42 Å². The maximum absolute atomic E-state index is 13.1. The largest absolute Gasteiger partial charge is 0.416 e. The first-order chi connectivity index (χ1) is 9.18. The lowest BCUT2D eigenvalue weighted by Crippen LogP contribution is -2.53. The number of nitrogens with zero attached hydrogens (tertiary/aromatic N) is 2. The molecule has 0 fully saturated rings. The van der Waals surface area contributed by atoms with Crippen molar-refractivity contribution in [1.29, 1.82) is 0 Å². The van der Waals surface area contributed by atoms with Crippen molar-refractivity contribution < 1.29 is 13.2 Å². The first kappa shape index (κ1) is 16.9. The first-order valence-electron chi connectivity index (χ1n) is 6.33. The molecule has 0 amide bonds. The molecule has 2 atom stereocenters. The van der Waals surface area contributed by atoms with E-state index in [2.05, 4.69) is 10.4 Å². The molecule has 0 aliphatic carbocycles. The van der Waals surface area contributed by atoms with Gasteiger partial charge in [-0.1, -0.05) is 6.92 Å². The van der Waals surface area contributed by atoms with Crippen LogP contribution >= 0.6 is 0 Å². The molecule has 0 saturated heterocycles. The molecule has 2 unspecified atom stereocenters. The Hall–Kier alpha value is -1.18. The number of hydrogen-bond acceptors (Lipinski definition) is 4. The Bertz CT molecular complexity index is 447. The monoisotopic (exact) mass is 290 g/mol. The fourth-order valence-corrected chi connectivity index (χ4v) is 2.28. The zero-order valence-electron chi connectivity index (χ0n) is 12.1. The van der Waals surface area contributed by atoms with Crippen LogP contribution in [0.15, 0.2) is 18.5 Å². The summed E-state index contributed by atoms with van der Waals surface area (Å²) in [6.45, 7) is 3.78. The van der Waals surface area contributed by atoms with Gasteiger partial charge in [-0.3, -0.25) is 16.3 Å². The number of nitrogens with one attached hydrogen (secondary N) is 1. The highest BCUT2D eigenvalue weighted by atomic mass is 19.4. The third kappa shape index (κ3) is 3.11. The van der Waals surface area contributed by atoms with Gasteiger partial charge in [0.1, 0.15) is 0 Å². The predicted molar refractivity (Wildman–Crippen MR) is 71.7 cm³/mol. The third-order valence-electron chi connectivity index (χ3n) is 3.99. The number of nitrogens with two attached hydrogens (primary N) is 1. The van der Waals surface area contributed by atoms with E-state index in [4.69, 9.17) is 5.84 Å². The Kier molecular flexibility index (Phi) is 5.12. The summed E-state index contributed by atoms with van der Waals surface area (Å²) in [6.07, 6.45) is -1.45. The molecule has 1 aromatic heterocycles. The van der Waals surface area contributed by atoms with Crippen LogP contribution < -0.4 is 11.3 Å². The van der Waals surface area contributed by atoms with Crippen molar-refractivity contribution in [2.75, 3.05) is 14.1 Å². The van der Waals surface area contributed by atoms with Gasteiger partial charge in [0.25, 0.3) is 0 Å². The molecule has 0 aliphatic heterocycles. The van der Waals surface area contributed by atoms with E-state index in [0.717, 1.165) is 12.3 Å². The molecule has 3 N–H and O–H groups in total. The van der Waals surface area contributed by atoms with Crippen molar-refractivity contribution >= 4 is 0 Å². The minimum Gasteiger partial charge on any atom is -0.302 e. The second-order valence-corrected chi connectivity index (χ2v) is 5.17. The van der Waals surface area contributed by atoms with Gasteiger partial charge in [0.2, 0.25) is 0 Å². The van der Waals surface area contributed by atoms with E-state index in [1.807, 2.05) is 32.8 Å². The first-order valence-corrected chi connectivity index (χ1v) is 6.33. The molecule has 0 saturated carbocycles. The van der Waals surface area contributed by atoms with Gasteiger partial charge >= 0.3 is 6.18 Å². The lowest BCUT2D eigenvalue weighted by molar-refractivity contribution is -0.138. The lowest BCUT2D eigenvalue weighted by Gasteiger charge is -2.43. The molecule has 0 aliphatic rings. The van der Waals surface area contributed by atoms with Crippen LogP contribution in [0.4, 0.5) is 13.2 Å². The molecule has 1 rings (SSSR count). The van der Waals surface area contributed by atoms with Gasteiger partial charge in [0.05, 0.1) is 11.6 Å². The number of rotatable bonds is 5. The van der Waals surface area contributed by atoms with Crippen molar-refractivity contribution in [3.8, 4) is 0 Å². The van der Waals surface area contributed by atoms with Crippen molar-refractivity contribution in [2.45, 2.75) is 38.0 Å². The van der Waals surface area contributed by atoms with E-state index in [9.17, 15) is 13.2 Å². The molecule has 4 nitrogen and oxygen atoms in total. The molecule has 114 valence electrons. The number of pyridine rings is 1. The molecule has 0 radical (unpaired) electrons. The maximum Gasteiger partial charge on any atom is 0.416 e. The third-order valence-corrected chi connectivity index (χ3v) is 3.99. The van der Waals surface area contributed by atoms with Gasteiger partial charge in [-0.05, 0) is 33.5 Å². The second-order valence-electron chi connectivity index (χ2n) is 5.17. The van der Waals surface area contributed by atoms with Gasteiger partial charge < -0.3 is 4.90 Å². The van der Waals surface area contributed by atoms with Crippen molar-refractivity contribution in [2.24, 2.45) is 5.84 Å². The summed E-state index contributed by atoms with van der Waals surface area (Å²) in [6, 6.07) is 0.290. The van der Waals surface area contributed by atoms with E-state index in [1.165, 1.54) is 6.20 Å². The van der Waals surface area contributed by atoms with Crippen LogP contribution in [0.1, 0.15) is 37.4 Å². The van der Waals surface area contributed by atoms with Crippen molar-refractivity contribution in [1.82, 2.24) is 15.3 Å². The second kappa shape index (κ2) is 6.07. The lowest BCUT2D eigenvalue weighted by atomic mass is 9.82. The highest BCUT2D eigenvalue weighted by molar-refractivity contribution is 5.31.